The Bertz CT molecular complexity index is 660. The number of aromatic nitrogens is 1. The largest absolute Gasteiger partial charge is 0.478 e. The zero-order valence-electron chi connectivity index (χ0n) is 10.7. The molecule has 1 aromatic heterocycles. The number of halogens is 2. The molecule has 0 saturated carbocycles. The summed E-state index contributed by atoms with van der Waals surface area (Å²) in [6.07, 6.45) is 1.45. The quantitative estimate of drug-likeness (QED) is 0.902. The molecule has 0 aliphatic carbocycles. The van der Waals surface area contributed by atoms with Crippen molar-refractivity contribution in [3.63, 3.8) is 0 Å². The van der Waals surface area contributed by atoms with Crippen LogP contribution in [0.15, 0.2) is 30.5 Å². The van der Waals surface area contributed by atoms with Gasteiger partial charge in [-0.05, 0) is 36.8 Å². The molecule has 0 unspecified atom stereocenters. The average Bonchev–Trinajstić information content (AvgIpc) is 2.39. The third-order valence-corrected chi connectivity index (χ3v) is 2.83. The lowest BCUT2D eigenvalue weighted by Gasteiger charge is -2.11. The Morgan fingerprint density at radius 2 is 2.10 bits per heavy atom. The molecule has 6 heteroatoms. The number of aryl methyl sites for hydroxylation is 1. The van der Waals surface area contributed by atoms with Gasteiger partial charge in [-0.15, -0.1) is 0 Å². The van der Waals surface area contributed by atoms with Crippen molar-refractivity contribution in [2.45, 2.75) is 13.5 Å². The topological polar surface area (TPSA) is 62.2 Å². The summed E-state index contributed by atoms with van der Waals surface area (Å²) in [7, 11) is 0. The van der Waals surface area contributed by atoms with Gasteiger partial charge in [0.2, 0.25) is 0 Å². The normalized spacial score (nSPS) is 10.3. The fourth-order valence-corrected chi connectivity index (χ4v) is 1.82. The molecule has 0 amide bonds. The highest BCUT2D eigenvalue weighted by atomic mass is 19.1. The molecular formula is C14H12F2N2O2. The van der Waals surface area contributed by atoms with Crippen molar-refractivity contribution < 1.29 is 18.7 Å². The summed E-state index contributed by atoms with van der Waals surface area (Å²) in [5.74, 6) is -2.12. The van der Waals surface area contributed by atoms with Gasteiger partial charge in [-0.25, -0.2) is 18.6 Å². The van der Waals surface area contributed by atoms with E-state index in [1.165, 1.54) is 6.20 Å². The fourth-order valence-electron chi connectivity index (χ4n) is 1.82. The van der Waals surface area contributed by atoms with Crippen LogP contribution in [0.4, 0.5) is 14.6 Å². The second-order valence-corrected chi connectivity index (χ2v) is 4.25. The van der Waals surface area contributed by atoms with Crippen molar-refractivity contribution in [3.05, 3.63) is 58.8 Å². The lowest BCUT2D eigenvalue weighted by atomic mass is 10.1. The third kappa shape index (κ3) is 2.90. The molecule has 2 N–H and O–H groups in total. The van der Waals surface area contributed by atoms with Crippen LogP contribution in [0, 0.1) is 18.6 Å². The van der Waals surface area contributed by atoms with Crippen LogP contribution >= 0.6 is 0 Å². The fraction of sp³-hybridized carbons (Fsp3) is 0.143. The van der Waals surface area contributed by atoms with E-state index in [1.54, 1.807) is 13.0 Å². The predicted molar refractivity (Wildman–Crippen MR) is 69.6 cm³/mol. The Balaban J connectivity index is 2.25. The number of hydrogen-bond acceptors (Lipinski definition) is 3. The molecule has 2 aromatic rings. The Morgan fingerprint density at radius 1 is 1.35 bits per heavy atom. The molecule has 0 fully saturated rings. The Kier molecular flexibility index (Phi) is 3.93. The number of aromatic carboxylic acids is 1. The van der Waals surface area contributed by atoms with E-state index in [4.69, 9.17) is 5.11 Å². The van der Waals surface area contributed by atoms with E-state index in [2.05, 4.69) is 10.3 Å². The maximum atomic E-state index is 13.5. The summed E-state index contributed by atoms with van der Waals surface area (Å²) in [5, 5.41) is 11.8. The second-order valence-electron chi connectivity index (χ2n) is 4.25. The first-order valence-corrected chi connectivity index (χ1v) is 5.85. The van der Waals surface area contributed by atoms with Crippen molar-refractivity contribution in [1.82, 2.24) is 4.98 Å². The number of anilines is 1. The number of hydrogen-bond donors (Lipinski definition) is 2. The van der Waals surface area contributed by atoms with Crippen LogP contribution in [0.1, 0.15) is 21.5 Å². The van der Waals surface area contributed by atoms with Gasteiger partial charge in [-0.3, -0.25) is 0 Å². The summed E-state index contributed by atoms with van der Waals surface area (Å²) >= 11 is 0. The summed E-state index contributed by atoms with van der Waals surface area (Å²) in [5.41, 5.74) is 0.656. The zero-order chi connectivity index (χ0) is 14.7. The molecule has 0 bridgehead atoms. The molecule has 0 spiro atoms. The smallest absolute Gasteiger partial charge is 0.339 e. The van der Waals surface area contributed by atoms with Gasteiger partial charge in [0.1, 0.15) is 23.0 Å². The van der Waals surface area contributed by atoms with Gasteiger partial charge in [0.25, 0.3) is 0 Å². The number of rotatable bonds is 4. The minimum atomic E-state index is -1.13. The number of carbonyl (C=O) groups is 1. The molecule has 0 aliphatic rings. The van der Waals surface area contributed by atoms with Gasteiger partial charge >= 0.3 is 5.97 Å². The number of benzene rings is 1. The van der Waals surface area contributed by atoms with Crippen molar-refractivity contribution in [2.75, 3.05) is 5.32 Å². The van der Waals surface area contributed by atoms with Crippen molar-refractivity contribution in [1.29, 1.82) is 0 Å². The number of nitrogens with one attached hydrogen (secondary N) is 1. The van der Waals surface area contributed by atoms with Crippen LogP contribution < -0.4 is 5.32 Å². The summed E-state index contributed by atoms with van der Waals surface area (Å²) in [6, 6.07) is 4.66. The molecular weight excluding hydrogens is 266 g/mol. The maximum Gasteiger partial charge on any atom is 0.339 e. The lowest BCUT2D eigenvalue weighted by Crippen LogP contribution is -2.10. The van der Waals surface area contributed by atoms with E-state index >= 15 is 0 Å². The number of pyridine rings is 1. The molecule has 104 valence electrons. The first kappa shape index (κ1) is 13.9. The molecule has 1 aromatic carbocycles. The third-order valence-electron chi connectivity index (χ3n) is 2.83. The van der Waals surface area contributed by atoms with Gasteiger partial charge in [0.15, 0.2) is 0 Å². The van der Waals surface area contributed by atoms with Crippen molar-refractivity contribution >= 4 is 11.8 Å². The van der Waals surface area contributed by atoms with Crippen LogP contribution in [0.5, 0.6) is 0 Å². The minimum Gasteiger partial charge on any atom is -0.478 e. The Morgan fingerprint density at radius 3 is 2.80 bits per heavy atom. The summed E-state index contributed by atoms with van der Waals surface area (Å²) < 4.78 is 26.5. The van der Waals surface area contributed by atoms with Gasteiger partial charge < -0.3 is 10.4 Å². The monoisotopic (exact) mass is 278 g/mol. The summed E-state index contributed by atoms with van der Waals surface area (Å²) in [6.45, 7) is 1.58. The van der Waals surface area contributed by atoms with Gasteiger partial charge in [0.05, 0.1) is 0 Å². The molecule has 20 heavy (non-hydrogen) atoms. The van der Waals surface area contributed by atoms with Crippen LogP contribution in [0.3, 0.4) is 0 Å². The first-order chi connectivity index (χ1) is 9.49. The van der Waals surface area contributed by atoms with Crippen LogP contribution in [0.25, 0.3) is 0 Å². The average molecular weight is 278 g/mol. The predicted octanol–water partition coefficient (Wildman–Crippen LogP) is 2.98. The van der Waals surface area contributed by atoms with Crippen LogP contribution in [-0.2, 0) is 6.54 Å². The van der Waals surface area contributed by atoms with E-state index in [-0.39, 0.29) is 23.5 Å². The molecule has 2 rings (SSSR count). The SMILES string of the molecule is Cc1ccnc(NCc2cc(F)ccc2F)c1C(=O)O. The van der Waals surface area contributed by atoms with Gasteiger partial charge in [0, 0.05) is 18.3 Å². The zero-order valence-corrected chi connectivity index (χ0v) is 10.7. The van der Waals surface area contributed by atoms with Crippen molar-refractivity contribution in [3.8, 4) is 0 Å². The number of carboxylic acid groups (broad SMARTS) is 1. The number of nitrogens with zero attached hydrogens (tertiary/aromatic N) is 1. The highest BCUT2D eigenvalue weighted by Crippen LogP contribution is 2.18. The molecule has 0 saturated heterocycles. The standard InChI is InChI=1S/C14H12F2N2O2/c1-8-4-5-17-13(12(8)14(19)20)18-7-9-6-10(15)2-3-11(9)16/h2-6H,7H2,1H3,(H,17,18)(H,19,20). The Labute approximate surface area is 114 Å². The van der Waals surface area contributed by atoms with Crippen LogP contribution in [-0.4, -0.2) is 16.1 Å². The van der Waals surface area contributed by atoms with Gasteiger partial charge in [-0.1, -0.05) is 0 Å². The highest BCUT2D eigenvalue weighted by Gasteiger charge is 2.14. The minimum absolute atomic E-state index is 0.0179. The van der Waals surface area contributed by atoms with E-state index in [0.29, 0.717) is 5.56 Å². The van der Waals surface area contributed by atoms with E-state index in [0.717, 1.165) is 18.2 Å². The lowest BCUT2D eigenvalue weighted by molar-refractivity contribution is 0.0697. The Hall–Kier alpha value is -2.50. The number of carboxylic acids is 1. The molecule has 1 heterocycles. The van der Waals surface area contributed by atoms with Crippen molar-refractivity contribution in [2.24, 2.45) is 0 Å². The highest BCUT2D eigenvalue weighted by molar-refractivity contribution is 5.94. The maximum absolute atomic E-state index is 13.5. The first-order valence-electron chi connectivity index (χ1n) is 5.85. The van der Waals surface area contributed by atoms with Crippen LogP contribution in [0.2, 0.25) is 0 Å². The molecule has 0 aliphatic heterocycles. The molecule has 0 radical (unpaired) electrons. The summed E-state index contributed by atoms with van der Waals surface area (Å²) in [4.78, 5) is 15.1. The van der Waals surface area contributed by atoms with E-state index < -0.39 is 17.6 Å². The second kappa shape index (κ2) is 5.64. The molecule has 4 nitrogen and oxygen atoms in total. The molecule has 0 atom stereocenters. The van der Waals surface area contributed by atoms with E-state index in [9.17, 15) is 13.6 Å². The van der Waals surface area contributed by atoms with E-state index in [1.807, 2.05) is 0 Å². The van der Waals surface area contributed by atoms with Gasteiger partial charge in [-0.2, -0.15) is 0 Å².